The maximum atomic E-state index is 10.8. The molecule has 0 saturated heterocycles. The fourth-order valence-electron chi connectivity index (χ4n) is 0.526. The van der Waals surface area contributed by atoms with Gasteiger partial charge in [0.2, 0.25) is 5.91 Å². The highest BCUT2D eigenvalue weighted by Gasteiger charge is 2.04. The minimum Gasteiger partial charge on any atom is -0.353 e. The second-order valence-electron chi connectivity index (χ2n) is 2.69. The molecule has 0 radical (unpaired) electrons. The van der Waals surface area contributed by atoms with Crippen molar-refractivity contribution >= 4 is 5.91 Å². The van der Waals surface area contributed by atoms with Gasteiger partial charge in [0.05, 0.1) is 6.17 Å². The first kappa shape index (κ1) is 10.4. The van der Waals surface area contributed by atoms with Gasteiger partial charge >= 0.3 is 0 Å². The average Bonchev–Trinajstić information content (AvgIpc) is 1.99. The van der Waals surface area contributed by atoms with Gasteiger partial charge in [-0.2, -0.15) is 0 Å². The van der Waals surface area contributed by atoms with E-state index < -0.39 is 0 Å². The zero-order chi connectivity index (χ0) is 8.85. The summed E-state index contributed by atoms with van der Waals surface area (Å²) < 4.78 is 0. The molecule has 0 aromatic rings. The van der Waals surface area contributed by atoms with Crippen LogP contribution in [0.5, 0.6) is 0 Å². The summed E-state index contributed by atoms with van der Waals surface area (Å²) in [5.41, 5.74) is 5.63. The van der Waals surface area contributed by atoms with Gasteiger partial charge in [-0.05, 0) is 14.1 Å². The van der Waals surface area contributed by atoms with Gasteiger partial charge < -0.3 is 11.1 Å². The van der Waals surface area contributed by atoms with Crippen LogP contribution in [0.2, 0.25) is 0 Å². The molecule has 0 bridgehead atoms. The van der Waals surface area contributed by atoms with E-state index in [2.05, 4.69) is 5.32 Å². The summed E-state index contributed by atoms with van der Waals surface area (Å²) in [5.74, 6) is 0.0438. The van der Waals surface area contributed by atoms with Gasteiger partial charge in [-0.15, -0.1) is 0 Å². The summed E-state index contributed by atoms with van der Waals surface area (Å²) in [4.78, 5) is 12.6. The Kier molecular flexibility index (Phi) is 4.81. The van der Waals surface area contributed by atoms with E-state index in [0.29, 0.717) is 13.0 Å². The van der Waals surface area contributed by atoms with Crippen molar-refractivity contribution in [1.29, 1.82) is 0 Å². The number of nitrogens with two attached hydrogens (primary N) is 1. The third-order valence-electron chi connectivity index (χ3n) is 1.49. The Morgan fingerprint density at radius 3 is 2.55 bits per heavy atom. The molecule has 0 saturated carbocycles. The fourth-order valence-corrected chi connectivity index (χ4v) is 0.526. The molecule has 1 amide bonds. The molecule has 0 rings (SSSR count). The Labute approximate surface area is 67.7 Å². The fraction of sp³-hybridized carbons (Fsp3) is 0.857. The highest BCUT2D eigenvalue weighted by Crippen LogP contribution is 1.81. The number of nitrogens with zero attached hydrogens (tertiary/aromatic N) is 1. The molecule has 0 aliphatic rings. The van der Waals surface area contributed by atoms with E-state index in [1.807, 2.05) is 25.9 Å². The maximum Gasteiger partial charge on any atom is 0.219 e. The number of hydrogen-bond donors (Lipinski definition) is 2. The van der Waals surface area contributed by atoms with Crippen molar-refractivity contribution in [3.8, 4) is 0 Å². The topological polar surface area (TPSA) is 58.4 Å². The van der Waals surface area contributed by atoms with E-state index in [1.54, 1.807) is 0 Å². The van der Waals surface area contributed by atoms with Crippen molar-refractivity contribution in [2.24, 2.45) is 5.73 Å². The van der Waals surface area contributed by atoms with Crippen LogP contribution in [-0.2, 0) is 4.79 Å². The van der Waals surface area contributed by atoms with Crippen molar-refractivity contribution in [2.75, 3.05) is 20.6 Å². The molecule has 0 aromatic heterocycles. The molecule has 4 heteroatoms. The number of likely N-dealkylation sites (N-methyl/N-ethyl adjacent to an activating group) is 1. The second kappa shape index (κ2) is 5.09. The van der Waals surface area contributed by atoms with Crippen LogP contribution >= 0.6 is 0 Å². The molecule has 4 nitrogen and oxygen atoms in total. The van der Waals surface area contributed by atoms with E-state index >= 15 is 0 Å². The van der Waals surface area contributed by atoms with Gasteiger partial charge in [0.15, 0.2) is 0 Å². The molecular formula is C7H17N3O. The third kappa shape index (κ3) is 4.75. The number of carbonyl (C=O) groups is 1. The van der Waals surface area contributed by atoms with Gasteiger partial charge in [0, 0.05) is 13.0 Å². The lowest BCUT2D eigenvalue weighted by molar-refractivity contribution is -0.120. The molecule has 0 spiro atoms. The molecule has 0 aromatic carbocycles. The zero-order valence-electron chi connectivity index (χ0n) is 7.42. The molecule has 0 aliphatic heterocycles. The van der Waals surface area contributed by atoms with E-state index in [1.165, 1.54) is 0 Å². The lowest BCUT2D eigenvalue weighted by Gasteiger charge is -2.19. The van der Waals surface area contributed by atoms with Crippen LogP contribution in [0.3, 0.4) is 0 Å². The smallest absolute Gasteiger partial charge is 0.219 e. The number of rotatable bonds is 4. The lowest BCUT2D eigenvalue weighted by Crippen LogP contribution is -2.45. The number of carbonyl (C=O) groups excluding carboxylic acids is 1. The van der Waals surface area contributed by atoms with Gasteiger partial charge in [-0.1, -0.05) is 6.92 Å². The molecule has 11 heavy (non-hydrogen) atoms. The van der Waals surface area contributed by atoms with Crippen LogP contribution in [-0.4, -0.2) is 37.6 Å². The molecule has 0 fully saturated rings. The van der Waals surface area contributed by atoms with Crippen molar-refractivity contribution in [2.45, 2.75) is 19.5 Å². The molecule has 3 N–H and O–H groups in total. The van der Waals surface area contributed by atoms with Crippen molar-refractivity contribution in [3.05, 3.63) is 0 Å². The number of hydrogen-bond acceptors (Lipinski definition) is 3. The average molecular weight is 159 g/mol. The van der Waals surface area contributed by atoms with Crippen molar-refractivity contribution in [1.82, 2.24) is 10.2 Å². The Hall–Kier alpha value is -0.610. The molecule has 0 aliphatic carbocycles. The third-order valence-corrected chi connectivity index (χ3v) is 1.49. The normalized spacial score (nSPS) is 13.2. The first-order valence-electron chi connectivity index (χ1n) is 3.76. The van der Waals surface area contributed by atoms with Gasteiger partial charge in [-0.25, -0.2) is 0 Å². The van der Waals surface area contributed by atoms with Crippen molar-refractivity contribution in [3.63, 3.8) is 0 Å². The maximum absolute atomic E-state index is 10.8. The van der Waals surface area contributed by atoms with Crippen LogP contribution in [0.25, 0.3) is 0 Å². The van der Waals surface area contributed by atoms with Gasteiger partial charge in [0.1, 0.15) is 0 Å². The largest absolute Gasteiger partial charge is 0.353 e. The monoisotopic (exact) mass is 159 g/mol. The molecule has 66 valence electrons. The van der Waals surface area contributed by atoms with Crippen molar-refractivity contribution < 1.29 is 4.79 Å². The minimum absolute atomic E-state index is 0.0438. The standard InChI is InChI=1S/C7H17N3O/c1-4-7(11)9-5-6(8)10(2)3/h6H,4-5,8H2,1-3H3,(H,9,11)/t6-/m1/s1. The van der Waals surface area contributed by atoms with Crippen LogP contribution in [0, 0.1) is 0 Å². The van der Waals surface area contributed by atoms with Crippen LogP contribution in [0.15, 0.2) is 0 Å². The minimum atomic E-state index is -0.0921. The SMILES string of the molecule is CCC(=O)NC[C@H](N)N(C)C. The number of amides is 1. The summed E-state index contributed by atoms with van der Waals surface area (Å²) in [6.07, 6.45) is 0.422. The lowest BCUT2D eigenvalue weighted by atomic mass is 10.4. The summed E-state index contributed by atoms with van der Waals surface area (Å²) in [6.45, 7) is 2.33. The Morgan fingerprint density at radius 2 is 2.18 bits per heavy atom. The summed E-state index contributed by atoms with van der Waals surface area (Å²) in [6, 6.07) is 0. The second-order valence-corrected chi connectivity index (χ2v) is 2.69. The van der Waals surface area contributed by atoms with E-state index in [9.17, 15) is 4.79 Å². The van der Waals surface area contributed by atoms with E-state index in [4.69, 9.17) is 5.73 Å². The predicted octanol–water partition coefficient (Wildman–Crippen LogP) is -0.641. The number of nitrogens with one attached hydrogen (secondary N) is 1. The quantitative estimate of drug-likeness (QED) is 0.536. The van der Waals surface area contributed by atoms with Crippen LogP contribution in [0.4, 0.5) is 0 Å². The highest BCUT2D eigenvalue weighted by atomic mass is 16.1. The van der Waals surface area contributed by atoms with Gasteiger partial charge in [0.25, 0.3) is 0 Å². The molecule has 0 unspecified atom stereocenters. The Bertz CT molecular complexity index is 125. The highest BCUT2D eigenvalue weighted by molar-refractivity contribution is 5.75. The van der Waals surface area contributed by atoms with E-state index in [-0.39, 0.29) is 12.1 Å². The first-order valence-corrected chi connectivity index (χ1v) is 3.76. The van der Waals surface area contributed by atoms with Gasteiger partial charge in [-0.3, -0.25) is 9.69 Å². The predicted molar refractivity (Wildman–Crippen MR) is 45.0 cm³/mol. The summed E-state index contributed by atoms with van der Waals surface area (Å²) >= 11 is 0. The molecule has 0 heterocycles. The zero-order valence-corrected chi connectivity index (χ0v) is 7.42. The first-order chi connectivity index (χ1) is 5.07. The summed E-state index contributed by atoms with van der Waals surface area (Å²) in [7, 11) is 3.76. The van der Waals surface area contributed by atoms with E-state index in [0.717, 1.165) is 0 Å². The molecule has 1 atom stereocenters. The Balaban J connectivity index is 3.45. The molecular weight excluding hydrogens is 142 g/mol. The van der Waals surface area contributed by atoms with Crippen LogP contribution < -0.4 is 11.1 Å². The Morgan fingerprint density at radius 1 is 1.64 bits per heavy atom. The summed E-state index contributed by atoms with van der Waals surface area (Å²) in [5, 5.41) is 2.71. The van der Waals surface area contributed by atoms with Crippen LogP contribution in [0.1, 0.15) is 13.3 Å².